The third-order valence-corrected chi connectivity index (χ3v) is 2.63. The highest BCUT2D eigenvalue weighted by Crippen LogP contribution is 2.37. The fourth-order valence-electron chi connectivity index (χ4n) is 1.58. The van der Waals surface area contributed by atoms with E-state index in [1.165, 1.54) is 18.2 Å². The maximum atomic E-state index is 13.3. The van der Waals surface area contributed by atoms with E-state index in [1.807, 2.05) is 6.92 Å². The lowest BCUT2D eigenvalue weighted by Gasteiger charge is -2.18. The van der Waals surface area contributed by atoms with Gasteiger partial charge in [-0.15, -0.1) is 0 Å². The van der Waals surface area contributed by atoms with Crippen molar-refractivity contribution in [1.82, 2.24) is 5.32 Å². The number of nitrogens with one attached hydrogen (secondary N) is 1. The van der Waals surface area contributed by atoms with Gasteiger partial charge in [-0.2, -0.15) is 13.2 Å². The predicted octanol–water partition coefficient (Wildman–Crippen LogP) is 3.41. The summed E-state index contributed by atoms with van der Waals surface area (Å²) < 4.78 is 50.3. The minimum Gasteiger partial charge on any atom is -0.317 e. The first kappa shape index (κ1) is 14.0. The number of likely N-dealkylation sites (N-methyl/N-ethyl adjacent to an activating group) is 1. The summed E-state index contributed by atoms with van der Waals surface area (Å²) >= 11 is 0. The molecular weight excluding hydrogens is 234 g/mol. The quantitative estimate of drug-likeness (QED) is 0.806. The van der Waals surface area contributed by atoms with E-state index in [1.54, 1.807) is 13.1 Å². The zero-order valence-corrected chi connectivity index (χ0v) is 9.68. The van der Waals surface area contributed by atoms with Gasteiger partial charge in [0, 0.05) is 6.04 Å². The molecule has 0 aromatic heterocycles. The Labute approximate surface area is 97.8 Å². The molecule has 1 aromatic rings. The molecule has 5 heteroatoms. The normalized spacial score (nSPS) is 15.6. The zero-order valence-electron chi connectivity index (χ0n) is 9.68. The molecule has 0 aliphatic heterocycles. The Morgan fingerprint density at radius 1 is 1.24 bits per heavy atom. The first-order valence-electron chi connectivity index (χ1n) is 5.32. The van der Waals surface area contributed by atoms with E-state index in [4.69, 9.17) is 0 Å². The molecule has 1 rings (SSSR count). The van der Waals surface area contributed by atoms with Crippen LogP contribution in [0.3, 0.4) is 0 Å². The summed E-state index contributed by atoms with van der Waals surface area (Å²) in [6.07, 6.45) is -7.40. The van der Waals surface area contributed by atoms with Crippen LogP contribution in [0.15, 0.2) is 24.3 Å². The molecule has 0 heterocycles. The van der Waals surface area contributed by atoms with Crippen LogP contribution in [0, 0.1) is 0 Å². The SMILES string of the molecule is CNC(C)Cc1ccccc1C(F)C(F)(F)F. The maximum Gasteiger partial charge on any atom is 0.423 e. The highest BCUT2D eigenvalue weighted by atomic mass is 19.4. The number of hydrogen-bond acceptors (Lipinski definition) is 1. The van der Waals surface area contributed by atoms with Crippen molar-refractivity contribution in [2.75, 3.05) is 7.05 Å². The Kier molecular flexibility index (Phi) is 4.51. The van der Waals surface area contributed by atoms with Crippen molar-refractivity contribution in [1.29, 1.82) is 0 Å². The van der Waals surface area contributed by atoms with Crippen molar-refractivity contribution >= 4 is 0 Å². The average molecular weight is 249 g/mol. The lowest BCUT2D eigenvalue weighted by molar-refractivity contribution is -0.183. The first-order valence-corrected chi connectivity index (χ1v) is 5.32. The smallest absolute Gasteiger partial charge is 0.317 e. The third kappa shape index (κ3) is 3.70. The molecule has 0 saturated heterocycles. The summed E-state index contributed by atoms with van der Waals surface area (Å²) in [7, 11) is 1.71. The van der Waals surface area contributed by atoms with Gasteiger partial charge in [0.1, 0.15) is 0 Å². The van der Waals surface area contributed by atoms with E-state index in [9.17, 15) is 17.6 Å². The molecule has 1 aromatic carbocycles. The molecule has 2 atom stereocenters. The molecule has 0 fully saturated rings. The van der Waals surface area contributed by atoms with Crippen LogP contribution in [-0.2, 0) is 6.42 Å². The van der Waals surface area contributed by atoms with E-state index in [-0.39, 0.29) is 11.6 Å². The molecule has 0 amide bonds. The van der Waals surface area contributed by atoms with Crippen molar-refractivity contribution < 1.29 is 17.6 Å². The molecule has 0 radical (unpaired) electrons. The summed E-state index contributed by atoms with van der Waals surface area (Å²) in [5.41, 5.74) is 0.0984. The van der Waals surface area contributed by atoms with E-state index >= 15 is 0 Å². The molecule has 0 bridgehead atoms. The van der Waals surface area contributed by atoms with E-state index in [2.05, 4.69) is 5.32 Å². The van der Waals surface area contributed by atoms with Gasteiger partial charge in [0.05, 0.1) is 0 Å². The molecule has 0 spiro atoms. The second-order valence-corrected chi connectivity index (χ2v) is 4.00. The number of alkyl halides is 4. The van der Waals surface area contributed by atoms with Gasteiger partial charge in [0.25, 0.3) is 0 Å². The van der Waals surface area contributed by atoms with Gasteiger partial charge in [-0.1, -0.05) is 24.3 Å². The molecule has 0 aliphatic carbocycles. The highest BCUT2D eigenvalue weighted by molar-refractivity contribution is 5.30. The van der Waals surface area contributed by atoms with Gasteiger partial charge in [0.2, 0.25) is 6.17 Å². The van der Waals surface area contributed by atoms with Crippen LogP contribution >= 0.6 is 0 Å². The lowest BCUT2D eigenvalue weighted by Crippen LogP contribution is -2.25. The van der Waals surface area contributed by atoms with Crippen LogP contribution in [-0.4, -0.2) is 19.3 Å². The fourth-order valence-corrected chi connectivity index (χ4v) is 1.58. The highest BCUT2D eigenvalue weighted by Gasteiger charge is 2.42. The Bertz CT molecular complexity index is 362. The van der Waals surface area contributed by atoms with Crippen LogP contribution in [0.1, 0.15) is 24.2 Å². The predicted molar refractivity (Wildman–Crippen MR) is 58.6 cm³/mol. The minimum atomic E-state index is -4.85. The van der Waals surface area contributed by atoms with Crippen LogP contribution in [0.5, 0.6) is 0 Å². The number of halogens is 4. The van der Waals surface area contributed by atoms with Crippen LogP contribution < -0.4 is 5.32 Å². The fraction of sp³-hybridized carbons (Fsp3) is 0.500. The van der Waals surface area contributed by atoms with Gasteiger partial charge in [-0.3, -0.25) is 0 Å². The largest absolute Gasteiger partial charge is 0.423 e. The van der Waals surface area contributed by atoms with E-state index in [0.717, 1.165) is 0 Å². The number of rotatable bonds is 4. The molecule has 1 nitrogen and oxygen atoms in total. The maximum absolute atomic E-state index is 13.3. The monoisotopic (exact) mass is 249 g/mol. The van der Waals surface area contributed by atoms with Gasteiger partial charge >= 0.3 is 6.18 Å². The summed E-state index contributed by atoms with van der Waals surface area (Å²) in [5, 5.41) is 2.91. The molecule has 17 heavy (non-hydrogen) atoms. The minimum absolute atomic E-state index is 0.00316. The van der Waals surface area contributed by atoms with Gasteiger partial charge in [0.15, 0.2) is 0 Å². The molecule has 2 unspecified atom stereocenters. The number of benzene rings is 1. The van der Waals surface area contributed by atoms with Crippen molar-refractivity contribution in [3.05, 3.63) is 35.4 Å². The molecule has 0 saturated carbocycles. The summed E-state index contributed by atoms with van der Waals surface area (Å²) in [5.74, 6) is 0. The standard InChI is InChI=1S/C12H15F4N/c1-8(17-2)7-9-5-3-4-6-10(9)11(13)12(14,15)16/h3-6,8,11,17H,7H2,1-2H3. The molecule has 96 valence electrons. The van der Waals surface area contributed by atoms with Crippen molar-refractivity contribution in [3.63, 3.8) is 0 Å². The van der Waals surface area contributed by atoms with Gasteiger partial charge in [-0.05, 0) is 31.5 Å². The zero-order chi connectivity index (χ0) is 13.1. The Morgan fingerprint density at radius 3 is 2.35 bits per heavy atom. The van der Waals surface area contributed by atoms with Crippen LogP contribution in [0.4, 0.5) is 17.6 Å². The van der Waals surface area contributed by atoms with E-state index in [0.29, 0.717) is 12.0 Å². The van der Waals surface area contributed by atoms with Crippen LogP contribution in [0.25, 0.3) is 0 Å². The van der Waals surface area contributed by atoms with Gasteiger partial charge < -0.3 is 5.32 Å². The Morgan fingerprint density at radius 2 is 1.82 bits per heavy atom. The molecule has 1 N–H and O–H groups in total. The second-order valence-electron chi connectivity index (χ2n) is 4.00. The lowest BCUT2D eigenvalue weighted by atomic mass is 9.97. The van der Waals surface area contributed by atoms with Crippen molar-refractivity contribution in [3.8, 4) is 0 Å². The van der Waals surface area contributed by atoms with Crippen molar-refractivity contribution in [2.45, 2.75) is 31.7 Å². The van der Waals surface area contributed by atoms with Crippen LogP contribution in [0.2, 0.25) is 0 Å². The topological polar surface area (TPSA) is 12.0 Å². The summed E-state index contributed by atoms with van der Waals surface area (Å²) in [6, 6.07) is 5.75. The van der Waals surface area contributed by atoms with Gasteiger partial charge in [-0.25, -0.2) is 4.39 Å². The second kappa shape index (κ2) is 5.49. The summed E-state index contributed by atoms with van der Waals surface area (Å²) in [6.45, 7) is 1.83. The van der Waals surface area contributed by atoms with Crippen molar-refractivity contribution in [2.24, 2.45) is 0 Å². The average Bonchev–Trinajstić information content (AvgIpc) is 2.27. The Hall–Kier alpha value is -1.10. The number of hydrogen-bond donors (Lipinski definition) is 1. The Balaban J connectivity index is 2.99. The molecule has 0 aliphatic rings. The first-order chi connectivity index (χ1) is 7.86. The van der Waals surface area contributed by atoms with E-state index < -0.39 is 12.3 Å². The molecular formula is C12H15F4N. The summed E-state index contributed by atoms with van der Waals surface area (Å²) in [4.78, 5) is 0. The third-order valence-electron chi connectivity index (χ3n) is 2.63.